The van der Waals surface area contributed by atoms with Gasteiger partial charge in [-0.25, -0.2) is 0 Å². The van der Waals surface area contributed by atoms with Gasteiger partial charge in [-0.15, -0.1) is 0 Å². The van der Waals surface area contributed by atoms with Gasteiger partial charge in [-0.1, -0.05) is 33.6 Å². The lowest BCUT2D eigenvalue weighted by atomic mass is 9.65. The second kappa shape index (κ2) is 6.13. The van der Waals surface area contributed by atoms with Gasteiger partial charge in [0.05, 0.1) is 0 Å². The van der Waals surface area contributed by atoms with Gasteiger partial charge in [0.15, 0.2) is 0 Å². The molecule has 3 atom stereocenters. The molecule has 2 aliphatic rings. The molecule has 19 heavy (non-hydrogen) atoms. The van der Waals surface area contributed by atoms with Crippen molar-refractivity contribution >= 4 is 0 Å². The maximum Gasteiger partial charge on any atom is 0.0138 e. The molecule has 0 aromatic heterocycles. The summed E-state index contributed by atoms with van der Waals surface area (Å²) < 4.78 is 0. The topological polar surface area (TPSA) is 29.3 Å². The summed E-state index contributed by atoms with van der Waals surface area (Å²) in [6, 6.07) is 1.59. The van der Waals surface area contributed by atoms with Gasteiger partial charge in [0.25, 0.3) is 0 Å². The van der Waals surface area contributed by atoms with Gasteiger partial charge in [-0.2, -0.15) is 0 Å². The van der Waals surface area contributed by atoms with E-state index in [9.17, 15) is 0 Å². The van der Waals surface area contributed by atoms with Crippen LogP contribution in [-0.4, -0.2) is 30.6 Å². The lowest BCUT2D eigenvalue weighted by molar-refractivity contribution is 0.0109. The Morgan fingerprint density at radius 1 is 1.16 bits per heavy atom. The van der Waals surface area contributed by atoms with Crippen molar-refractivity contribution in [1.29, 1.82) is 0 Å². The van der Waals surface area contributed by atoms with Crippen molar-refractivity contribution in [3.05, 3.63) is 0 Å². The van der Waals surface area contributed by atoms with Gasteiger partial charge in [0, 0.05) is 12.1 Å². The quantitative estimate of drug-likeness (QED) is 0.823. The lowest BCUT2D eigenvalue weighted by Crippen LogP contribution is -2.52. The van der Waals surface area contributed by atoms with E-state index in [2.05, 4.69) is 32.7 Å². The smallest absolute Gasteiger partial charge is 0.0138 e. The summed E-state index contributed by atoms with van der Waals surface area (Å²) in [5.74, 6) is 1.61. The van der Waals surface area contributed by atoms with Crippen molar-refractivity contribution in [2.75, 3.05) is 13.6 Å². The number of rotatable bonds is 5. The molecule has 0 aromatic carbocycles. The Hall–Kier alpha value is -0.0800. The third-order valence-electron chi connectivity index (χ3n) is 6.45. The van der Waals surface area contributed by atoms with Crippen LogP contribution in [0.25, 0.3) is 0 Å². The summed E-state index contributed by atoms with van der Waals surface area (Å²) in [4.78, 5) is 2.69. The van der Waals surface area contributed by atoms with E-state index in [4.69, 9.17) is 5.73 Å². The lowest BCUT2D eigenvalue weighted by Gasteiger charge is -2.49. The molecule has 0 bridgehead atoms. The average Bonchev–Trinajstić information content (AvgIpc) is 2.35. The minimum Gasteiger partial charge on any atom is -0.330 e. The fourth-order valence-electron chi connectivity index (χ4n) is 4.05. The van der Waals surface area contributed by atoms with E-state index in [1.165, 1.54) is 44.9 Å². The zero-order valence-electron chi connectivity index (χ0n) is 13.5. The van der Waals surface area contributed by atoms with Crippen LogP contribution < -0.4 is 5.73 Å². The van der Waals surface area contributed by atoms with Gasteiger partial charge in [-0.05, 0) is 62.9 Å². The molecular formula is C17H34N2. The first-order valence-corrected chi connectivity index (χ1v) is 8.41. The molecule has 2 nitrogen and oxygen atoms in total. The fraction of sp³-hybridized carbons (Fsp3) is 1.00. The third-order valence-corrected chi connectivity index (χ3v) is 6.45. The fourth-order valence-corrected chi connectivity index (χ4v) is 4.05. The summed E-state index contributed by atoms with van der Waals surface area (Å²) in [5, 5.41) is 0. The van der Waals surface area contributed by atoms with Gasteiger partial charge in [-0.3, -0.25) is 0 Å². The molecule has 0 radical (unpaired) electrons. The average molecular weight is 266 g/mol. The first-order valence-electron chi connectivity index (χ1n) is 8.41. The maximum absolute atomic E-state index is 6.05. The largest absolute Gasteiger partial charge is 0.330 e. The number of hydrogen-bond acceptors (Lipinski definition) is 2. The zero-order valence-corrected chi connectivity index (χ0v) is 13.5. The standard InChI is InChI=1S/C17H34N2/c1-5-17(2,3)14-10-9-13(12-18)16(11-14)19(4)15-7-6-8-15/h13-16H,5-12,18H2,1-4H3. The van der Waals surface area contributed by atoms with Crippen LogP contribution in [0.2, 0.25) is 0 Å². The Bertz CT molecular complexity index is 283. The van der Waals surface area contributed by atoms with Crippen molar-refractivity contribution in [2.45, 2.75) is 77.8 Å². The predicted molar refractivity (Wildman–Crippen MR) is 83.1 cm³/mol. The molecule has 2 rings (SSSR count). The van der Waals surface area contributed by atoms with Crippen LogP contribution in [0.5, 0.6) is 0 Å². The molecule has 0 aliphatic heterocycles. The van der Waals surface area contributed by atoms with E-state index in [1.54, 1.807) is 0 Å². The Kier molecular flexibility index (Phi) is 4.94. The summed E-state index contributed by atoms with van der Waals surface area (Å²) in [6.45, 7) is 8.14. The van der Waals surface area contributed by atoms with Gasteiger partial charge in [0.2, 0.25) is 0 Å². The molecule has 112 valence electrons. The minimum absolute atomic E-state index is 0.498. The van der Waals surface area contributed by atoms with Crippen molar-refractivity contribution < 1.29 is 0 Å². The summed E-state index contributed by atoms with van der Waals surface area (Å²) >= 11 is 0. The molecular weight excluding hydrogens is 232 g/mol. The molecule has 0 amide bonds. The van der Waals surface area contributed by atoms with E-state index >= 15 is 0 Å². The Balaban J connectivity index is 2.04. The van der Waals surface area contributed by atoms with Crippen LogP contribution in [0.3, 0.4) is 0 Å². The van der Waals surface area contributed by atoms with Crippen molar-refractivity contribution in [1.82, 2.24) is 4.90 Å². The van der Waals surface area contributed by atoms with Crippen LogP contribution in [0.1, 0.15) is 65.7 Å². The van der Waals surface area contributed by atoms with E-state index in [0.717, 1.165) is 30.5 Å². The molecule has 2 saturated carbocycles. The van der Waals surface area contributed by atoms with Crippen LogP contribution in [0.4, 0.5) is 0 Å². The first-order chi connectivity index (χ1) is 8.99. The highest BCUT2D eigenvalue weighted by molar-refractivity contribution is 4.94. The molecule has 2 aliphatic carbocycles. The number of hydrogen-bond donors (Lipinski definition) is 1. The minimum atomic E-state index is 0.498. The van der Waals surface area contributed by atoms with Crippen LogP contribution in [0, 0.1) is 17.3 Å². The van der Waals surface area contributed by atoms with Crippen LogP contribution in [-0.2, 0) is 0 Å². The normalized spacial score (nSPS) is 33.5. The predicted octanol–water partition coefficient (Wildman–Crippen LogP) is 3.65. The van der Waals surface area contributed by atoms with Crippen molar-refractivity contribution in [3.8, 4) is 0 Å². The zero-order chi connectivity index (χ0) is 14.0. The molecule has 3 unspecified atom stereocenters. The number of nitrogens with zero attached hydrogens (tertiary/aromatic N) is 1. The van der Waals surface area contributed by atoms with Crippen LogP contribution >= 0.6 is 0 Å². The third kappa shape index (κ3) is 3.16. The highest BCUT2D eigenvalue weighted by atomic mass is 15.2. The second-order valence-corrected chi connectivity index (χ2v) is 7.67. The molecule has 2 N–H and O–H groups in total. The maximum atomic E-state index is 6.05. The highest BCUT2D eigenvalue weighted by Gasteiger charge is 2.40. The van der Waals surface area contributed by atoms with E-state index in [-0.39, 0.29) is 0 Å². The van der Waals surface area contributed by atoms with Gasteiger partial charge in [0.1, 0.15) is 0 Å². The SMILES string of the molecule is CCC(C)(C)C1CCC(CN)C(N(C)C2CCC2)C1. The monoisotopic (exact) mass is 266 g/mol. The first kappa shape index (κ1) is 15.3. The summed E-state index contributed by atoms with van der Waals surface area (Å²) in [7, 11) is 2.36. The van der Waals surface area contributed by atoms with E-state index in [0.29, 0.717) is 5.41 Å². The van der Waals surface area contributed by atoms with E-state index < -0.39 is 0 Å². The Labute approximate surface area is 120 Å². The highest BCUT2D eigenvalue weighted by Crippen LogP contribution is 2.44. The Morgan fingerprint density at radius 2 is 1.84 bits per heavy atom. The van der Waals surface area contributed by atoms with Crippen LogP contribution in [0.15, 0.2) is 0 Å². The second-order valence-electron chi connectivity index (χ2n) is 7.67. The molecule has 0 heterocycles. The number of nitrogens with two attached hydrogens (primary N) is 1. The van der Waals surface area contributed by atoms with Gasteiger partial charge < -0.3 is 10.6 Å². The van der Waals surface area contributed by atoms with Crippen molar-refractivity contribution in [2.24, 2.45) is 23.0 Å². The van der Waals surface area contributed by atoms with Gasteiger partial charge >= 0.3 is 0 Å². The Morgan fingerprint density at radius 3 is 2.32 bits per heavy atom. The van der Waals surface area contributed by atoms with E-state index in [1.807, 2.05) is 0 Å². The molecule has 0 saturated heterocycles. The molecule has 2 fully saturated rings. The molecule has 0 aromatic rings. The summed E-state index contributed by atoms with van der Waals surface area (Å²) in [5.41, 5.74) is 6.55. The van der Waals surface area contributed by atoms with Crippen molar-refractivity contribution in [3.63, 3.8) is 0 Å². The molecule has 2 heteroatoms. The molecule has 0 spiro atoms. The summed E-state index contributed by atoms with van der Waals surface area (Å²) in [6.07, 6.45) is 9.64.